The predicted octanol–water partition coefficient (Wildman–Crippen LogP) is 1.41. The van der Waals surface area contributed by atoms with Crippen molar-refractivity contribution in [3.05, 3.63) is 17.9 Å². The molecule has 2 rings (SSSR count). The number of halogens is 1. The van der Waals surface area contributed by atoms with Crippen molar-refractivity contribution in [1.29, 1.82) is 0 Å². The van der Waals surface area contributed by atoms with Crippen molar-refractivity contribution in [3.63, 3.8) is 0 Å². The van der Waals surface area contributed by atoms with E-state index in [1.165, 1.54) is 19.2 Å². The lowest BCUT2D eigenvalue weighted by Gasteiger charge is -2.24. The molecular formula is C12H17FN2O3S. The van der Waals surface area contributed by atoms with Crippen LogP contribution in [0.4, 0.5) is 15.8 Å². The molecule has 0 saturated carbocycles. The highest BCUT2D eigenvalue weighted by Gasteiger charge is 2.24. The topological polar surface area (TPSA) is 81.4 Å². The molecule has 1 heterocycles. The maximum atomic E-state index is 13.8. The maximum absolute atomic E-state index is 13.8. The van der Waals surface area contributed by atoms with E-state index in [0.717, 1.165) is 0 Å². The molecule has 0 spiro atoms. The minimum Gasteiger partial charge on any atom is -0.495 e. The fraction of sp³-hybridized carbons (Fsp3) is 0.500. The van der Waals surface area contributed by atoms with Crippen LogP contribution in [0.15, 0.2) is 12.1 Å². The molecule has 0 aliphatic carbocycles. The third kappa shape index (κ3) is 3.28. The summed E-state index contributed by atoms with van der Waals surface area (Å²) in [6.07, 6.45) is 0.961. The molecule has 0 atom stereocenters. The Hall–Kier alpha value is -1.50. The van der Waals surface area contributed by atoms with Gasteiger partial charge >= 0.3 is 0 Å². The second kappa shape index (κ2) is 5.24. The van der Waals surface area contributed by atoms with Crippen molar-refractivity contribution in [3.8, 4) is 5.75 Å². The number of nitrogen functional groups attached to an aromatic ring is 1. The fourth-order valence-electron chi connectivity index (χ4n) is 2.11. The fourth-order valence-corrected chi connectivity index (χ4v) is 3.60. The molecule has 3 N–H and O–H groups in total. The lowest BCUT2D eigenvalue weighted by molar-refractivity contribution is 0.416. The van der Waals surface area contributed by atoms with E-state index in [1.54, 1.807) is 0 Å². The first kappa shape index (κ1) is 13.9. The third-order valence-electron chi connectivity index (χ3n) is 3.23. The molecule has 0 bridgehead atoms. The molecule has 1 aliphatic heterocycles. The number of hydrogen-bond acceptors (Lipinski definition) is 5. The zero-order valence-electron chi connectivity index (χ0n) is 10.6. The Morgan fingerprint density at radius 1 is 1.37 bits per heavy atom. The summed E-state index contributed by atoms with van der Waals surface area (Å²) in [5.74, 6) is 0.204. The highest BCUT2D eigenvalue weighted by Crippen LogP contribution is 2.29. The summed E-state index contributed by atoms with van der Waals surface area (Å²) < 4.78 is 41.4. The summed E-state index contributed by atoms with van der Waals surface area (Å²) >= 11 is 0. The molecule has 0 unspecified atom stereocenters. The van der Waals surface area contributed by atoms with Crippen molar-refractivity contribution in [2.24, 2.45) is 0 Å². The molecule has 1 saturated heterocycles. The normalized spacial score (nSPS) is 19.1. The van der Waals surface area contributed by atoms with Crippen molar-refractivity contribution >= 4 is 21.2 Å². The predicted molar refractivity (Wildman–Crippen MR) is 72.7 cm³/mol. The van der Waals surface area contributed by atoms with Gasteiger partial charge in [0, 0.05) is 18.2 Å². The largest absolute Gasteiger partial charge is 0.495 e. The van der Waals surface area contributed by atoms with Crippen LogP contribution >= 0.6 is 0 Å². The zero-order chi connectivity index (χ0) is 14.0. The van der Waals surface area contributed by atoms with Gasteiger partial charge in [0.1, 0.15) is 21.4 Å². The number of benzene rings is 1. The molecule has 1 aromatic rings. The van der Waals surface area contributed by atoms with Gasteiger partial charge in [0.2, 0.25) is 0 Å². The van der Waals surface area contributed by atoms with Gasteiger partial charge in [-0.3, -0.25) is 0 Å². The van der Waals surface area contributed by atoms with Gasteiger partial charge in [-0.1, -0.05) is 0 Å². The summed E-state index contributed by atoms with van der Waals surface area (Å²) in [7, 11) is -1.46. The number of rotatable bonds is 3. The Morgan fingerprint density at radius 2 is 2.00 bits per heavy atom. The molecule has 0 amide bonds. The summed E-state index contributed by atoms with van der Waals surface area (Å²) in [6, 6.07) is 2.64. The van der Waals surface area contributed by atoms with Gasteiger partial charge in [-0.05, 0) is 12.8 Å². The number of methoxy groups -OCH3 is 1. The number of ether oxygens (including phenoxy) is 1. The van der Waals surface area contributed by atoms with E-state index >= 15 is 0 Å². The Morgan fingerprint density at radius 3 is 2.58 bits per heavy atom. The lowest BCUT2D eigenvalue weighted by Crippen LogP contribution is -2.32. The van der Waals surface area contributed by atoms with Gasteiger partial charge in [0.25, 0.3) is 0 Å². The SMILES string of the molecule is COc1cc(NC2CCS(=O)(=O)CC2)c(F)cc1N. The zero-order valence-corrected chi connectivity index (χ0v) is 11.5. The van der Waals surface area contributed by atoms with Crippen LogP contribution < -0.4 is 15.8 Å². The van der Waals surface area contributed by atoms with Crippen molar-refractivity contribution in [2.75, 3.05) is 29.7 Å². The van der Waals surface area contributed by atoms with Crippen molar-refractivity contribution in [1.82, 2.24) is 0 Å². The van der Waals surface area contributed by atoms with Gasteiger partial charge < -0.3 is 15.8 Å². The van der Waals surface area contributed by atoms with Crippen LogP contribution in [0.25, 0.3) is 0 Å². The van der Waals surface area contributed by atoms with Gasteiger partial charge in [-0.15, -0.1) is 0 Å². The summed E-state index contributed by atoms with van der Waals surface area (Å²) in [4.78, 5) is 0. The van der Waals surface area contributed by atoms with E-state index in [1.807, 2.05) is 0 Å². The van der Waals surface area contributed by atoms with Gasteiger partial charge in [0.05, 0.1) is 30.0 Å². The number of sulfone groups is 1. The van der Waals surface area contributed by atoms with Crippen LogP contribution in [-0.2, 0) is 9.84 Å². The molecule has 1 fully saturated rings. The quantitative estimate of drug-likeness (QED) is 0.822. The number of nitrogens with two attached hydrogens (primary N) is 1. The van der Waals surface area contributed by atoms with Gasteiger partial charge in [0.15, 0.2) is 0 Å². The van der Waals surface area contributed by atoms with Crippen LogP contribution in [0.1, 0.15) is 12.8 Å². The molecule has 0 radical (unpaired) electrons. The summed E-state index contributed by atoms with van der Waals surface area (Å²) in [6.45, 7) is 0. The van der Waals surface area contributed by atoms with Crippen molar-refractivity contribution < 1.29 is 17.5 Å². The highest BCUT2D eigenvalue weighted by molar-refractivity contribution is 7.91. The number of hydrogen-bond donors (Lipinski definition) is 2. The molecule has 5 nitrogen and oxygen atoms in total. The Bertz CT molecular complexity index is 561. The monoisotopic (exact) mass is 288 g/mol. The molecule has 1 aromatic carbocycles. The Kier molecular flexibility index (Phi) is 3.84. The van der Waals surface area contributed by atoms with Crippen LogP contribution in [0.3, 0.4) is 0 Å². The molecule has 1 aliphatic rings. The van der Waals surface area contributed by atoms with Crippen molar-refractivity contribution in [2.45, 2.75) is 18.9 Å². The lowest BCUT2D eigenvalue weighted by atomic mass is 10.1. The molecular weight excluding hydrogens is 271 g/mol. The minimum atomic E-state index is -2.92. The number of nitrogens with one attached hydrogen (secondary N) is 1. The summed E-state index contributed by atoms with van der Waals surface area (Å²) in [5, 5.41) is 3.01. The van der Waals surface area contributed by atoms with E-state index in [4.69, 9.17) is 10.5 Å². The molecule has 7 heteroatoms. The molecule has 19 heavy (non-hydrogen) atoms. The van der Waals surface area contributed by atoms with E-state index < -0.39 is 15.7 Å². The van der Waals surface area contributed by atoms with Gasteiger partial charge in [-0.25, -0.2) is 12.8 Å². The first-order chi connectivity index (χ1) is 8.91. The second-order valence-electron chi connectivity index (χ2n) is 4.64. The average Bonchev–Trinajstić information content (AvgIpc) is 2.35. The highest BCUT2D eigenvalue weighted by atomic mass is 32.2. The Labute approximate surface area is 111 Å². The van der Waals surface area contributed by atoms with E-state index in [2.05, 4.69) is 5.32 Å². The first-order valence-corrected chi connectivity index (χ1v) is 7.83. The average molecular weight is 288 g/mol. The van der Waals surface area contributed by atoms with E-state index in [0.29, 0.717) is 18.6 Å². The van der Waals surface area contributed by atoms with Crippen LogP contribution in [0.2, 0.25) is 0 Å². The van der Waals surface area contributed by atoms with Gasteiger partial charge in [-0.2, -0.15) is 0 Å². The van der Waals surface area contributed by atoms with Crippen LogP contribution in [0, 0.1) is 5.82 Å². The Balaban J connectivity index is 2.11. The second-order valence-corrected chi connectivity index (χ2v) is 6.95. The standard InChI is InChI=1S/C12H17FN2O3S/c1-18-12-7-11(9(13)6-10(12)14)15-8-2-4-19(16,17)5-3-8/h6-8,15H,2-5,14H2,1H3. The maximum Gasteiger partial charge on any atom is 0.150 e. The van der Waals surface area contributed by atoms with E-state index in [-0.39, 0.29) is 28.9 Å². The summed E-state index contributed by atoms with van der Waals surface area (Å²) in [5.41, 5.74) is 6.12. The molecule has 0 aromatic heterocycles. The third-order valence-corrected chi connectivity index (χ3v) is 4.95. The smallest absolute Gasteiger partial charge is 0.150 e. The number of anilines is 2. The minimum absolute atomic E-state index is 0.0497. The van der Waals surface area contributed by atoms with Crippen LogP contribution in [0.5, 0.6) is 5.75 Å². The van der Waals surface area contributed by atoms with E-state index in [9.17, 15) is 12.8 Å². The van der Waals surface area contributed by atoms with Crippen LogP contribution in [-0.4, -0.2) is 33.1 Å². The first-order valence-electron chi connectivity index (χ1n) is 6.01. The molecule has 106 valence electrons.